The molecule has 1 amide bonds. The van der Waals surface area contributed by atoms with Crippen LogP contribution in [0.15, 0.2) is 51.4 Å². The smallest absolute Gasteiger partial charge is 0.251 e. The zero-order valence-electron chi connectivity index (χ0n) is 12.1. The summed E-state index contributed by atoms with van der Waals surface area (Å²) in [6, 6.07) is 0. The molecule has 0 aromatic rings. The summed E-state index contributed by atoms with van der Waals surface area (Å²) < 4.78 is 0. The average Bonchev–Trinajstić information content (AvgIpc) is 2.39. The van der Waals surface area contributed by atoms with Crippen molar-refractivity contribution in [3.8, 4) is 0 Å². The molecule has 1 aliphatic rings. The topological polar surface area (TPSA) is 53.5 Å². The Morgan fingerprint density at radius 1 is 1.35 bits per heavy atom. The van der Waals surface area contributed by atoms with Crippen LogP contribution >= 0.6 is 11.6 Å². The van der Waals surface area contributed by atoms with Crippen LogP contribution in [-0.4, -0.2) is 12.1 Å². The van der Waals surface area contributed by atoms with Gasteiger partial charge in [0.1, 0.15) is 5.82 Å². The molecule has 2 N–H and O–H groups in total. The van der Waals surface area contributed by atoms with Crippen molar-refractivity contribution in [2.45, 2.75) is 33.6 Å². The predicted octanol–water partition coefficient (Wildman–Crippen LogP) is 3.35. The van der Waals surface area contributed by atoms with Crippen LogP contribution < -0.4 is 10.7 Å². The SMILES string of the molecule is C=C(C)C(=O)NC(N/N=C/C1=CCCC=C1Cl)=C(C)C. The molecule has 0 radical (unpaired) electrons. The Balaban J connectivity index is 2.67. The third kappa shape index (κ3) is 5.05. The molecule has 0 aromatic carbocycles. The van der Waals surface area contributed by atoms with Gasteiger partial charge in [-0.05, 0) is 39.2 Å². The first-order chi connectivity index (χ1) is 9.41. The van der Waals surface area contributed by atoms with Gasteiger partial charge in [-0.2, -0.15) is 5.10 Å². The highest BCUT2D eigenvalue weighted by Gasteiger charge is 2.06. The van der Waals surface area contributed by atoms with Crippen LogP contribution in [0.4, 0.5) is 0 Å². The third-order valence-electron chi connectivity index (χ3n) is 2.64. The molecule has 0 heterocycles. The molecule has 108 valence electrons. The van der Waals surface area contributed by atoms with Gasteiger partial charge in [0.15, 0.2) is 0 Å². The molecule has 0 bridgehead atoms. The van der Waals surface area contributed by atoms with Crippen molar-refractivity contribution in [1.29, 1.82) is 0 Å². The summed E-state index contributed by atoms with van der Waals surface area (Å²) in [6.45, 7) is 9.00. The molecule has 0 fully saturated rings. The van der Waals surface area contributed by atoms with Gasteiger partial charge in [-0.15, -0.1) is 0 Å². The summed E-state index contributed by atoms with van der Waals surface area (Å²) in [5, 5.41) is 7.52. The number of allylic oxidation sites excluding steroid dienone is 5. The molecule has 0 spiro atoms. The van der Waals surface area contributed by atoms with E-state index in [1.54, 1.807) is 13.1 Å². The van der Waals surface area contributed by atoms with Crippen LogP contribution in [-0.2, 0) is 4.79 Å². The zero-order valence-corrected chi connectivity index (χ0v) is 12.8. The standard InChI is InChI=1S/C15H20ClN3O/c1-10(2)14(18-15(20)11(3)4)19-17-9-12-7-5-6-8-13(12)16/h7-9,19H,3,5-6H2,1-2,4H3,(H,18,20)/b17-9+. The molecule has 0 saturated carbocycles. The van der Waals surface area contributed by atoms with Crippen molar-refractivity contribution >= 4 is 23.7 Å². The second kappa shape index (κ2) is 7.70. The molecule has 1 rings (SSSR count). The Morgan fingerprint density at radius 3 is 2.55 bits per heavy atom. The van der Waals surface area contributed by atoms with Gasteiger partial charge in [0.25, 0.3) is 5.91 Å². The molecular formula is C15H20ClN3O. The number of nitrogens with zero attached hydrogens (tertiary/aromatic N) is 1. The summed E-state index contributed by atoms with van der Waals surface area (Å²) >= 11 is 6.07. The van der Waals surface area contributed by atoms with Crippen LogP contribution in [0.25, 0.3) is 0 Å². The Bertz CT molecular complexity index is 523. The van der Waals surface area contributed by atoms with E-state index >= 15 is 0 Å². The highest BCUT2D eigenvalue weighted by Crippen LogP contribution is 2.20. The number of hydrogen-bond donors (Lipinski definition) is 2. The van der Waals surface area contributed by atoms with Gasteiger partial charge in [0.2, 0.25) is 0 Å². The normalized spacial score (nSPS) is 14.4. The zero-order chi connectivity index (χ0) is 15.1. The number of amides is 1. The van der Waals surface area contributed by atoms with Crippen molar-refractivity contribution < 1.29 is 4.79 Å². The minimum Gasteiger partial charge on any atom is -0.307 e. The maximum Gasteiger partial charge on any atom is 0.251 e. The van der Waals surface area contributed by atoms with Crippen molar-refractivity contribution in [3.05, 3.63) is 46.3 Å². The van der Waals surface area contributed by atoms with Gasteiger partial charge < -0.3 is 5.32 Å². The summed E-state index contributed by atoms with van der Waals surface area (Å²) in [6.07, 6.45) is 7.56. The predicted molar refractivity (Wildman–Crippen MR) is 84.2 cm³/mol. The molecular weight excluding hydrogens is 274 g/mol. The highest BCUT2D eigenvalue weighted by molar-refractivity contribution is 6.34. The van der Waals surface area contributed by atoms with Crippen molar-refractivity contribution in [2.75, 3.05) is 0 Å². The van der Waals surface area contributed by atoms with E-state index in [1.165, 1.54) is 0 Å². The number of hydrazone groups is 1. The summed E-state index contributed by atoms with van der Waals surface area (Å²) in [4.78, 5) is 11.6. The van der Waals surface area contributed by atoms with Gasteiger partial charge in [-0.25, -0.2) is 0 Å². The van der Waals surface area contributed by atoms with E-state index in [-0.39, 0.29) is 5.91 Å². The van der Waals surface area contributed by atoms with E-state index in [0.29, 0.717) is 16.4 Å². The lowest BCUT2D eigenvalue weighted by Crippen LogP contribution is -2.30. The maximum absolute atomic E-state index is 11.6. The van der Waals surface area contributed by atoms with E-state index in [0.717, 1.165) is 24.0 Å². The lowest BCUT2D eigenvalue weighted by atomic mass is 10.1. The highest BCUT2D eigenvalue weighted by atomic mass is 35.5. The van der Waals surface area contributed by atoms with E-state index in [9.17, 15) is 4.79 Å². The van der Waals surface area contributed by atoms with Crippen LogP contribution in [0.5, 0.6) is 0 Å². The van der Waals surface area contributed by atoms with Crippen LogP contribution in [0, 0.1) is 0 Å². The van der Waals surface area contributed by atoms with Gasteiger partial charge in [-0.3, -0.25) is 10.2 Å². The van der Waals surface area contributed by atoms with Gasteiger partial charge >= 0.3 is 0 Å². The van der Waals surface area contributed by atoms with Crippen LogP contribution in [0.3, 0.4) is 0 Å². The Kier molecular flexibility index (Phi) is 6.25. The molecule has 0 unspecified atom stereocenters. The summed E-state index contributed by atoms with van der Waals surface area (Å²) in [7, 11) is 0. The quantitative estimate of drug-likeness (QED) is 0.464. The molecule has 0 aromatic heterocycles. The molecule has 5 heteroatoms. The first-order valence-corrected chi connectivity index (χ1v) is 6.79. The van der Waals surface area contributed by atoms with E-state index < -0.39 is 0 Å². The second-order valence-corrected chi connectivity index (χ2v) is 5.18. The fourth-order valence-electron chi connectivity index (χ4n) is 1.43. The second-order valence-electron chi connectivity index (χ2n) is 4.77. The number of nitrogens with one attached hydrogen (secondary N) is 2. The monoisotopic (exact) mass is 293 g/mol. The number of carbonyl (C=O) groups excluding carboxylic acids is 1. The number of carbonyl (C=O) groups is 1. The molecule has 1 aliphatic carbocycles. The lowest BCUT2D eigenvalue weighted by Gasteiger charge is -2.11. The van der Waals surface area contributed by atoms with Gasteiger partial charge in [0, 0.05) is 16.2 Å². The minimum atomic E-state index is -0.237. The minimum absolute atomic E-state index is 0.237. The lowest BCUT2D eigenvalue weighted by molar-refractivity contribution is -0.116. The molecule has 0 saturated heterocycles. The van der Waals surface area contributed by atoms with Crippen LogP contribution in [0.1, 0.15) is 33.6 Å². The fourth-order valence-corrected chi connectivity index (χ4v) is 1.67. The van der Waals surface area contributed by atoms with E-state index in [4.69, 9.17) is 11.6 Å². The van der Waals surface area contributed by atoms with Crippen molar-refractivity contribution in [1.82, 2.24) is 10.7 Å². The van der Waals surface area contributed by atoms with Crippen molar-refractivity contribution in [3.63, 3.8) is 0 Å². The Hall–Kier alpha value is -1.81. The molecule has 20 heavy (non-hydrogen) atoms. The summed E-state index contributed by atoms with van der Waals surface area (Å²) in [5.74, 6) is 0.310. The largest absolute Gasteiger partial charge is 0.307 e. The average molecular weight is 294 g/mol. The third-order valence-corrected chi connectivity index (χ3v) is 3.01. The van der Waals surface area contributed by atoms with Gasteiger partial charge in [-0.1, -0.05) is 30.3 Å². The van der Waals surface area contributed by atoms with E-state index in [2.05, 4.69) is 22.4 Å². The first-order valence-electron chi connectivity index (χ1n) is 6.41. The van der Waals surface area contributed by atoms with Crippen LogP contribution in [0.2, 0.25) is 0 Å². The molecule has 0 atom stereocenters. The fraction of sp³-hybridized carbons (Fsp3) is 0.333. The first kappa shape index (κ1) is 16.2. The van der Waals surface area contributed by atoms with Gasteiger partial charge in [0.05, 0.1) is 6.21 Å². The van der Waals surface area contributed by atoms with E-state index in [1.807, 2.05) is 26.0 Å². The molecule has 4 nitrogen and oxygen atoms in total. The Morgan fingerprint density at radius 2 is 2.00 bits per heavy atom. The summed E-state index contributed by atoms with van der Waals surface area (Å²) in [5.41, 5.74) is 5.05. The Labute approximate surface area is 125 Å². The van der Waals surface area contributed by atoms with Crippen molar-refractivity contribution in [2.24, 2.45) is 5.10 Å². The number of hydrogen-bond acceptors (Lipinski definition) is 3. The molecule has 0 aliphatic heterocycles. The number of halogens is 1. The number of rotatable bonds is 5. The maximum atomic E-state index is 11.6.